The van der Waals surface area contributed by atoms with Crippen LogP contribution in [-0.2, 0) is 9.59 Å². The number of para-hydroxylation sites is 1. The number of benzene rings is 3. The molecule has 3 aromatic rings. The predicted molar refractivity (Wildman–Crippen MR) is 154 cm³/mol. The number of amides is 2. The minimum absolute atomic E-state index is 0.0142. The molecule has 0 spiro atoms. The van der Waals surface area contributed by atoms with Gasteiger partial charge in [-0.15, -0.1) is 0 Å². The summed E-state index contributed by atoms with van der Waals surface area (Å²) in [5.41, 5.74) is 2.62. The van der Waals surface area contributed by atoms with Crippen LogP contribution in [0.2, 0.25) is 0 Å². The number of ketones is 1. The Bertz CT molecular complexity index is 1390. The highest BCUT2D eigenvalue weighted by molar-refractivity contribution is 6.25. The third kappa shape index (κ3) is 6.43. The third-order valence-corrected chi connectivity index (χ3v) is 6.73. The van der Waals surface area contributed by atoms with E-state index < -0.39 is 11.8 Å². The Morgan fingerprint density at radius 2 is 1.50 bits per heavy atom. The van der Waals surface area contributed by atoms with Crippen LogP contribution in [-0.4, -0.2) is 70.0 Å². The number of ether oxygens (including phenoxy) is 3. The van der Waals surface area contributed by atoms with Gasteiger partial charge in [0.15, 0.2) is 17.3 Å². The van der Waals surface area contributed by atoms with Crippen molar-refractivity contribution in [2.75, 3.05) is 57.7 Å². The molecular formula is C31H33N3O6. The summed E-state index contributed by atoms with van der Waals surface area (Å²) < 4.78 is 16.4. The Kier molecular flexibility index (Phi) is 9.06. The van der Waals surface area contributed by atoms with Gasteiger partial charge in [0.25, 0.3) is 11.8 Å². The van der Waals surface area contributed by atoms with Gasteiger partial charge >= 0.3 is 0 Å². The summed E-state index contributed by atoms with van der Waals surface area (Å²) in [7, 11) is 4.53. The first kappa shape index (κ1) is 28.2. The average Bonchev–Trinajstić information content (AvgIpc) is 2.99. The molecular weight excluding hydrogens is 510 g/mol. The molecule has 0 atom stereocenters. The number of carbonyl (C=O) groups is 3. The first-order chi connectivity index (χ1) is 19.3. The quantitative estimate of drug-likeness (QED) is 0.186. The van der Waals surface area contributed by atoms with Crippen molar-refractivity contribution < 1.29 is 28.6 Å². The van der Waals surface area contributed by atoms with Gasteiger partial charge < -0.3 is 29.3 Å². The van der Waals surface area contributed by atoms with E-state index in [2.05, 4.69) is 10.2 Å². The van der Waals surface area contributed by atoms with Crippen molar-refractivity contribution in [3.8, 4) is 17.2 Å². The van der Waals surface area contributed by atoms with E-state index in [9.17, 15) is 14.4 Å². The van der Waals surface area contributed by atoms with Crippen molar-refractivity contribution in [1.29, 1.82) is 0 Å². The number of nitrogens with zero attached hydrogens (tertiary/aromatic N) is 2. The molecule has 208 valence electrons. The van der Waals surface area contributed by atoms with Gasteiger partial charge in [-0.3, -0.25) is 14.4 Å². The van der Waals surface area contributed by atoms with Crippen LogP contribution in [0.3, 0.4) is 0 Å². The highest BCUT2D eigenvalue weighted by atomic mass is 16.5. The Hall–Kier alpha value is -4.79. The lowest BCUT2D eigenvalue weighted by Crippen LogP contribution is -2.50. The van der Waals surface area contributed by atoms with Crippen molar-refractivity contribution in [3.05, 3.63) is 83.4 Å². The van der Waals surface area contributed by atoms with Crippen molar-refractivity contribution in [2.45, 2.75) is 6.92 Å². The first-order valence-electron chi connectivity index (χ1n) is 12.9. The molecule has 0 bridgehead atoms. The summed E-state index contributed by atoms with van der Waals surface area (Å²) in [6.07, 6.45) is 1.51. The van der Waals surface area contributed by atoms with Gasteiger partial charge in [0.05, 0.1) is 21.3 Å². The maximum absolute atomic E-state index is 13.8. The van der Waals surface area contributed by atoms with Gasteiger partial charge in [-0.05, 0) is 55.5 Å². The minimum atomic E-state index is -0.540. The van der Waals surface area contributed by atoms with Gasteiger partial charge in [0, 0.05) is 54.7 Å². The molecule has 9 heteroatoms. The number of Topliss-reactive ketones (excluding diaryl/α,β-unsaturated/α-hetero) is 1. The Balaban J connectivity index is 1.62. The van der Waals surface area contributed by atoms with E-state index in [0.29, 0.717) is 60.2 Å². The van der Waals surface area contributed by atoms with Crippen LogP contribution in [0.4, 0.5) is 11.4 Å². The second kappa shape index (κ2) is 12.8. The fourth-order valence-corrected chi connectivity index (χ4v) is 4.54. The van der Waals surface area contributed by atoms with E-state index >= 15 is 0 Å². The minimum Gasteiger partial charge on any atom is -0.497 e. The Morgan fingerprint density at radius 1 is 0.825 bits per heavy atom. The van der Waals surface area contributed by atoms with E-state index in [1.165, 1.54) is 34.3 Å². The molecule has 1 N–H and O–H groups in total. The van der Waals surface area contributed by atoms with E-state index in [4.69, 9.17) is 14.2 Å². The number of anilines is 2. The zero-order valence-electron chi connectivity index (χ0n) is 23.1. The van der Waals surface area contributed by atoms with Crippen molar-refractivity contribution >= 4 is 35.0 Å². The van der Waals surface area contributed by atoms with Gasteiger partial charge in [-0.25, -0.2) is 0 Å². The standard InChI is InChI=1S/C31H33N3O6/c1-21(35)22-10-12-25(13-11-22)33-14-16-34(17-15-33)31(37)27(30(36)32-24-8-6-5-7-9-24)19-23-18-26(38-2)20-28(39-3)29(23)40-4/h5-13,18-20H,14-17H2,1-4H3,(H,32,36). The summed E-state index contributed by atoms with van der Waals surface area (Å²) in [5, 5.41) is 2.83. The van der Waals surface area contributed by atoms with Crippen LogP contribution in [0.1, 0.15) is 22.8 Å². The SMILES string of the molecule is COc1cc(C=C(C(=O)Nc2ccccc2)C(=O)N2CCN(c3ccc(C(C)=O)cc3)CC2)c(OC)c(OC)c1. The lowest BCUT2D eigenvalue weighted by atomic mass is 10.1. The number of hydrogen-bond acceptors (Lipinski definition) is 7. The fraction of sp³-hybridized carbons (Fsp3) is 0.258. The Labute approximate surface area is 233 Å². The molecule has 4 rings (SSSR count). The van der Waals surface area contributed by atoms with Gasteiger partial charge in [-0.1, -0.05) is 18.2 Å². The lowest BCUT2D eigenvalue weighted by Gasteiger charge is -2.36. The Morgan fingerprint density at radius 3 is 2.08 bits per heavy atom. The summed E-state index contributed by atoms with van der Waals surface area (Å²) in [5.74, 6) is 0.350. The molecule has 3 aromatic carbocycles. The monoisotopic (exact) mass is 543 g/mol. The lowest BCUT2D eigenvalue weighted by molar-refractivity contribution is -0.129. The molecule has 0 radical (unpaired) electrons. The molecule has 0 aromatic heterocycles. The molecule has 0 aliphatic carbocycles. The van der Waals surface area contributed by atoms with Crippen molar-refractivity contribution in [1.82, 2.24) is 4.90 Å². The maximum Gasteiger partial charge on any atom is 0.261 e. The number of nitrogens with one attached hydrogen (secondary N) is 1. The molecule has 0 saturated carbocycles. The number of rotatable bonds is 9. The number of hydrogen-bond donors (Lipinski definition) is 1. The normalized spacial score (nSPS) is 13.4. The largest absolute Gasteiger partial charge is 0.497 e. The van der Waals surface area contributed by atoms with Crippen LogP contribution in [0.5, 0.6) is 17.2 Å². The molecule has 9 nitrogen and oxygen atoms in total. The molecule has 1 aliphatic heterocycles. The highest BCUT2D eigenvalue weighted by Gasteiger charge is 2.28. The van der Waals surface area contributed by atoms with Gasteiger partial charge in [-0.2, -0.15) is 0 Å². The summed E-state index contributed by atoms with van der Waals surface area (Å²) in [4.78, 5) is 42.8. The molecule has 1 heterocycles. The molecule has 0 unspecified atom stereocenters. The summed E-state index contributed by atoms with van der Waals surface area (Å²) in [6.45, 7) is 3.53. The number of methoxy groups -OCH3 is 3. The second-order valence-corrected chi connectivity index (χ2v) is 9.21. The predicted octanol–water partition coefficient (Wildman–Crippen LogP) is 4.29. The number of piperazine rings is 1. The third-order valence-electron chi connectivity index (χ3n) is 6.73. The van der Waals surface area contributed by atoms with Crippen LogP contribution in [0, 0.1) is 0 Å². The second-order valence-electron chi connectivity index (χ2n) is 9.21. The van der Waals surface area contributed by atoms with Crippen LogP contribution in [0.25, 0.3) is 6.08 Å². The zero-order chi connectivity index (χ0) is 28.6. The van der Waals surface area contributed by atoms with Crippen molar-refractivity contribution in [2.24, 2.45) is 0 Å². The molecule has 1 aliphatic rings. The molecule has 1 fully saturated rings. The number of carbonyl (C=O) groups excluding carboxylic acids is 3. The van der Waals surface area contributed by atoms with Crippen molar-refractivity contribution in [3.63, 3.8) is 0 Å². The van der Waals surface area contributed by atoms with Crippen LogP contribution in [0.15, 0.2) is 72.3 Å². The maximum atomic E-state index is 13.8. The van der Waals surface area contributed by atoms with Crippen LogP contribution >= 0.6 is 0 Å². The van der Waals surface area contributed by atoms with Gasteiger partial charge in [0.1, 0.15) is 11.3 Å². The smallest absolute Gasteiger partial charge is 0.261 e. The van der Waals surface area contributed by atoms with Crippen LogP contribution < -0.4 is 24.4 Å². The topological polar surface area (TPSA) is 97.4 Å². The highest BCUT2D eigenvalue weighted by Crippen LogP contribution is 2.37. The fourth-order valence-electron chi connectivity index (χ4n) is 4.54. The van der Waals surface area contributed by atoms with E-state index in [1.807, 2.05) is 18.2 Å². The summed E-state index contributed by atoms with van der Waals surface area (Å²) >= 11 is 0. The molecule has 2 amide bonds. The van der Waals surface area contributed by atoms with E-state index in [1.54, 1.807) is 53.4 Å². The van der Waals surface area contributed by atoms with E-state index in [0.717, 1.165) is 5.69 Å². The summed E-state index contributed by atoms with van der Waals surface area (Å²) in [6, 6.07) is 19.8. The first-order valence-corrected chi connectivity index (χ1v) is 12.9. The van der Waals surface area contributed by atoms with Gasteiger partial charge in [0.2, 0.25) is 0 Å². The average molecular weight is 544 g/mol. The molecule has 40 heavy (non-hydrogen) atoms. The zero-order valence-corrected chi connectivity index (χ0v) is 23.1. The molecule has 1 saturated heterocycles. The van der Waals surface area contributed by atoms with E-state index in [-0.39, 0.29) is 11.4 Å².